The summed E-state index contributed by atoms with van der Waals surface area (Å²) in [7, 11) is 1.44. The molecule has 1 rings (SSSR count). The first-order valence-corrected chi connectivity index (χ1v) is 8.82. The molecule has 2 unspecified atom stereocenters. The number of rotatable bonds is 7. The number of nitrogens with zero attached hydrogens (tertiary/aromatic N) is 1. The van der Waals surface area contributed by atoms with E-state index in [2.05, 4.69) is 38.2 Å². The Morgan fingerprint density at radius 2 is 1.89 bits per heavy atom. The summed E-state index contributed by atoms with van der Waals surface area (Å²) in [5, 5.41) is 3.45. The van der Waals surface area contributed by atoms with E-state index in [0.29, 0.717) is 23.5 Å². The Morgan fingerprint density at radius 1 is 1.28 bits per heavy atom. The third kappa shape index (κ3) is 4.52. The predicted molar refractivity (Wildman–Crippen MR) is 76.6 cm³/mol. The van der Waals surface area contributed by atoms with E-state index in [-0.39, 0.29) is 6.04 Å². The van der Waals surface area contributed by atoms with Gasteiger partial charge in [-0.25, -0.2) is 8.42 Å². The maximum atomic E-state index is 11.4. The van der Waals surface area contributed by atoms with Crippen molar-refractivity contribution < 1.29 is 8.42 Å². The molecule has 0 saturated carbocycles. The minimum atomic E-state index is -2.77. The Bertz CT molecular complexity index is 337. The predicted octanol–water partition coefficient (Wildman–Crippen LogP) is 1.13. The number of sulfone groups is 1. The molecule has 0 spiro atoms. The zero-order valence-electron chi connectivity index (χ0n) is 12.1. The summed E-state index contributed by atoms with van der Waals surface area (Å²) >= 11 is 0. The van der Waals surface area contributed by atoms with Gasteiger partial charge in [-0.3, -0.25) is 0 Å². The van der Waals surface area contributed by atoms with Crippen LogP contribution in [-0.4, -0.2) is 57.5 Å². The molecule has 0 bridgehead atoms. The topological polar surface area (TPSA) is 49.4 Å². The number of hydrogen-bond acceptors (Lipinski definition) is 4. The first-order chi connectivity index (χ1) is 8.39. The van der Waals surface area contributed by atoms with E-state index in [4.69, 9.17) is 0 Å². The monoisotopic (exact) mass is 276 g/mol. The Labute approximate surface area is 112 Å². The molecule has 1 aliphatic heterocycles. The highest BCUT2D eigenvalue weighted by atomic mass is 32.2. The molecule has 0 aromatic heterocycles. The lowest BCUT2D eigenvalue weighted by Crippen LogP contribution is -2.46. The van der Waals surface area contributed by atoms with E-state index in [1.807, 2.05) is 0 Å². The summed E-state index contributed by atoms with van der Waals surface area (Å²) in [6.07, 6.45) is 3.11. The lowest BCUT2D eigenvalue weighted by Gasteiger charge is -2.32. The van der Waals surface area contributed by atoms with Gasteiger partial charge in [-0.05, 0) is 26.4 Å². The molecule has 1 fully saturated rings. The van der Waals surface area contributed by atoms with Gasteiger partial charge in [0, 0.05) is 18.6 Å². The van der Waals surface area contributed by atoms with Gasteiger partial charge in [-0.2, -0.15) is 0 Å². The van der Waals surface area contributed by atoms with Crippen molar-refractivity contribution in [3.8, 4) is 0 Å². The van der Waals surface area contributed by atoms with Crippen LogP contribution in [0.15, 0.2) is 0 Å². The quantitative estimate of drug-likeness (QED) is 0.757. The van der Waals surface area contributed by atoms with E-state index >= 15 is 0 Å². The summed E-state index contributed by atoms with van der Waals surface area (Å²) < 4.78 is 22.8. The van der Waals surface area contributed by atoms with Crippen molar-refractivity contribution in [1.29, 1.82) is 0 Å². The van der Waals surface area contributed by atoms with E-state index in [1.54, 1.807) is 0 Å². The number of nitrogens with one attached hydrogen (secondary N) is 1. The summed E-state index contributed by atoms with van der Waals surface area (Å²) in [6.45, 7) is 5.34. The summed E-state index contributed by atoms with van der Waals surface area (Å²) in [6, 6.07) is 0.648. The van der Waals surface area contributed by atoms with Gasteiger partial charge >= 0.3 is 0 Å². The minimum absolute atomic E-state index is 0.159. The van der Waals surface area contributed by atoms with Gasteiger partial charge in [-0.1, -0.05) is 26.7 Å². The second-order valence-corrected chi connectivity index (χ2v) is 7.84. The van der Waals surface area contributed by atoms with Crippen LogP contribution in [-0.2, 0) is 9.84 Å². The third-order valence-corrected chi connectivity index (χ3v) is 5.87. The molecule has 0 amide bonds. The van der Waals surface area contributed by atoms with E-state index < -0.39 is 9.84 Å². The zero-order chi connectivity index (χ0) is 13.8. The fourth-order valence-electron chi connectivity index (χ4n) is 2.85. The van der Waals surface area contributed by atoms with E-state index in [9.17, 15) is 8.42 Å². The van der Waals surface area contributed by atoms with Crippen molar-refractivity contribution in [3.05, 3.63) is 0 Å². The maximum absolute atomic E-state index is 11.4. The highest BCUT2D eigenvalue weighted by Crippen LogP contribution is 2.17. The molecule has 0 radical (unpaired) electrons. The molecule has 0 aromatic carbocycles. The molecule has 1 saturated heterocycles. The Morgan fingerprint density at radius 3 is 2.28 bits per heavy atom. The molecular formula is C13H28N2O2S. The van der Waals surface area contributed by atoms with Crippen molar-refractivity contribution in [2.24, 2.45) is 5.92 Å². The number of hydrogen-bond donors (Lipinski definition) is 1. The van der Waals surface area contributed by atoms with Crippen molar-refractivity contribution >= 4 is 9.84 Å². The smallest absolute Gasteiger partial charge is 0.151 e. The highest BCUT2D eigenvalue weighted by molar-refractivity contribution is 7.91. The van der Waals surface area contributed by atoms with Crippen LogP contribution >= 0.6 is 0 Å². The summed E-state index contributed by atoms with van der Waals surface area (Å²) in [4.78, 5) is 2.26. The van der Waals surface area contributed by atoms with E-state index in [0.717, 1.165) is 13.0 Å². The Kier molecular flexibility index (Phi) is 6.08. The normalized spacial score (nSPS) is 24.9. The summed E-state index contributed by atoms with van der Waals surface area (Å²) in [5.74, 6) is 1.34. The lowest BCUT2D eigenvalue weighted by molar-refractivity contribution is 0.190. The van der Waals surface area contributed by atoms with Crippen LogP contribution in [0.4, 0.5) is 0 Å². The lowest BCUT2D eigenvalue weighted by atomic mass is 9.93. The average Bonchev–Trinajstić information content (AvgIpc) is 2.63. The second-order valence-electron chi connectivity index (χ2n) is 5.62. The van der Waals surface area contributed by atoms with Crippen LogP contribution in [0, 0.1) is 5.92 Å². The van der Waals surface area contributed by atoms with Crippen molar-refractivity contribution in [2.75, 3.05) is 32.1 Å². The second kappa shape index (κ2) is 6.87. The average molecular weight is 276 g/mol. The molecule has 18 heavy (non-hydrogen) atoms. The molecule has 4 nitrogen and oxygen atoms in total. The zero-order valence-corrected chi connectivity index (χ0v) is 13.0. The molecule has 1 aliphatic rings. The van der Waals surface area contributed by atoms with Crippen LogP contribution in [0.5, 0.6) is 0 Å². The van der Waals surface area contributed by atoms with Crippen LogP contribution in [0.1, 0.15) is 33.1 Å². The molecule has 0 aliphatic carbocycles. The van der Waals surface area contributed by atoms with E-state index in [1.165, 1.54) is 12.8 Å². The molecule has 5 heteroatoms. The van der Waals surface area contributed by atoms with Gasteiger partial charge < -0.3 is 10.2 Å². The van der Waals surface area contributed by atoms with Crippen LogP contribution in [0.2, 0.25) is 0 Å². The first kappa shape index (κ1) is 15.9. The minimum Gasteiger partial charge on any atom is -0.311 e. The third-order valence-electron chi connectivity index (χ3n) is 4.10. The molecule has 108 valence electrons. The van der Waals surface area contributed by atoms with Crippen molar-refractivity contribution in [3.63, 3.8) is 0 Å². The van der Waals surface area contributed by atoms with Crippen LogP contribution < -0.4 is 5.32 Å². The fourth-order valence-corrected chi connectivity index (χ4v) is 4.55. The number of likely N-dealkylation sites (N-methyl/N-ethyl adjacent to an activating group) is 1. The summed E-state index contributed by atoms with van der Waals surface area (Å²) in [5.41, 5.74) is 0. The molecule has 2 atom stereocenters. The van der Waals surface area contributed by atoms with Gasteiger partial charge in [0.25, 0.3) is 0 Å². The van der Waals surface area contributed by atoms with Crippen LogP contribution in [0.3, 0.4) is 0 Å². The van der Waals surface area contributed by atoms with Gasteiger partial charge in [-0.15, -0.1) is 0 Å². The fraction of sp³-hybridized carbons (Fsp3) is 1.00. The maximum Gasteiger partial charge on any atom is 0.151 e. The SMILES string of the molecule is CCC(CC)C(CNC1CCS(=O)(=O)C1)N(C)C. The van der Waals surface area contributed by atoms with Crippen molar-refractivity contribution in [1.82, 2.24) is 10.2 Å². The largest absolute Gasteiger partial charge is 0.311 e. The highest BCUT2D eigenvalue weighted by Gasteiger charge is 2.29. The Balaban J connectivity index is 2.48. The first-order valence-electron chi connectivity index (χ1n) is 6.99. The van der Waals surface area contributed by atoms with Gasteiger partial charge in [0.1, 0.15) is 0 Å². The molecule has 1 N–H and O–H groups in total. The van der Waals surface area contributed by atoms with Gasteiger partial charge in [0.15, 0.2) is 9.84 Å². The standard InChI is InChI=1S/C13H28N2O2S/c1-5-11(6-2)13(15(3)4)9-14-12-7-8-18(16,17)10-12/h11-14H,5-10H2,1-4H3. The molecular weight excluding hydrogens is 248 g/mol. The van der Waals surface area contributed by atoms with Crippen molar-refractivity contribution in [2.45, 2.75) is 45.2 Å². The molecule has 0 aromatic rings. The van der Waals surface area contributed by atoms with Gasteiger partial charge in [0.05, 0.1) is 11.5 Å². The van der Waals surface area contributed by atoms with Gasteiger partial charge in [0.2, 0.25) is 0 Å². The Hall–Kier alpha value is -0.130. The molecule has 1 heterocycles. The van der Waals surface area contributed by atoms with Crippen LogP contribution in [0.25, 0.3) is 0 Å².